The van der Waals surface area contributed by atoms with Gasteiger partial charge in [0, 0.05) is 62.8 Å². The van der Waals surface area contributed by atoms with Crippen molar-refractivity contribution < 1.29 is 0 Å². The van der Waals surface area contributed by atoms with Crippen LogP contribution in [-0.2, 0) is 0 Å². The molecule has 6 rings (SSSR count). The van der Waals surface area contributed by atoms with Crippen LogP contribution in [0.15, 0.2) is 77.6 Å². The number of fused-ring (bicyclic) bond motifs is 2. The molecule has 1 aliphatic rings. The van der Waals surface area contributed by atoms with Crippen LogP contribution in [0.5, 0.6) is 0 Å². The van der Waals surface area contributed by atoms with Crippen LogP contribution < -0.4 is 5.56 Å². The number of benzene rings is 1. The van der Waals surface area contributed by atoms with Crippen LogP contribution in [0.1, 0.15) is 24.1 Å². The molecule has 4 heterocycles. The molecule has 0 amide bonds. The van der Waals surface area contributed by atoms with Crippen LogP contribution in [0.4, 0.5) is 0 Å². The molecule has 5 nitrogen and oxygen atoms in total. The minimum atomic E-state index is 0.0518. The first-order valence-corrected chi connectivity index (χ1v) is 10.4. The molecular weight excluding hydrogens is 380 g/mol. The number of nitrogens with zero attached hydrogens (tertiary/aromatic N) is 4. The van der Waals surface area contributed by atoms with E-state index in [1.54, 1.807) is 23.7 Å². The van der Waals surface area contributed by atoms with Crippen molar-refractivity contribution in [2.24, 2.45) is 0 Å². The van der Waals surface area contributed by atoms with Crippen LogP contribution in [0.2, 0.25) is 0 Å². The summed E-state index contributed by atoms with van der Waals surface area (Å²) in [6, 6.07) is 14.5. The summed E-state index contributed by atoms with van der Waals surface area (Å²) in [7, 11) is 0. The fourth-order valence-corrected chi connectivity index (χ4v) is 5.02. The molecule has 0 N–H and O–H groups in total. The summed E-state index contributed by atoms with van der Waals surface area (Å²) < 4.78 is 2.87. The molecule has 5 aromatic rings. The van der Waals surface area contributed by atoms with Crippen molar-refractivity contribution in [3.8, 4) is 11.1 Å². The average Bonchev–Trinajstić information content (AvgIpc) is 3.44. The molecule has 6 heteroatoms. The van der Waals surface area contributed by atoms with Crippen molar-refractivity contribution >= 4 is 32.3 Å². The predicted molar refractivity (Wildman–Crippen MR) is 115 cm³/mol. The molecule has 0 aliphatic heterocycles. The zero-order chi connectivity index (χ0) is 19.4. The van der Waals surface area contributed by atoms with E-state index >= 15 is 0 Å². The second kappa shape index (κ2) is 6.32. The van der Waals surface area contributed by atoms with Gasteiger partial charge in [0.2, 0.25) is 0 Å². The van der Waals surface area contributed by atoms with Gasteiger partial charge in [-0.15, -0.1) is 11.3 Å². The van der Waals surface area contributed by atoms with Crippen LogP contribution in [-0.4, -0.2) is 19.5 Å². The maximum Gasteiger partial charge on any atom is 0.260 e. The lowest BCUT2D eigenvalue weighted by molar-refractivity contribution is 0.688. The van der Waals surface area contributed by atoms with Crippen molar-refractivity contribution in [1.82, 2.24) is 19.5 Å². The summed E-state index contributed by atoms with van der Waals surface area (Å²) in [5, 5.41) is 3.91. The van der Waals surface area contributed by atoms with Gasteiger partial charge in [0.05, 0.1) is 10.9 Å². The van der Waals surface area contributed by atoms with Crippen molar-refractivity contribution in [3.63, 3.8) is 0 Å². The van der Waals surface area contributed by atoms with E-state index in [-0.39, 0.29) is 17.5 Å². The Bertz CT molecular complexity index is 1420. The summed E-state index contributed by atoms with van der Waals surface area (Å²) in [4.78, 5) is 26.4. The third-order valence-electron chi connectivity index (χ3n) is 5.64. The van der Waals surface area contributed by atoms with Gasteiger partial charge in [0.1, 0.15) is 6.33 Å². The van der Waals surface area contributed by atoms with Crippen LogP contribution in [0, 0.1) is 0 Å². The fourth-order valence-electron chi connectivity index (χ4n) is 4.07. The van der Waals surface area contributed by atoms with Gasteiger partial charge in [-0.3, -0.25) is 9.78 Å². The molecule has 140 valence electrons. The lowest BCUT2D eigenvalue weighted by Gasteiger charge is -2.07. The van der Waals surface area contributed by atoms with E-state index in [0.29, 0.717) is 0 Å². The van der Waals surface area contributed by atoms with E-state index in [1.165, 1.54) is 6.33 Å². The predicted octanol–water partition coefficient (Wildman–Crippen LogP) is 4.80. The highest BCUT2D eigenvalue weighted by atomic mass is 32.1. The normalized spacial score (nSPS) is 18.3. The maximum atomic E-state index is 13.4. The van der Waals surface area contributed by atoms with E-state index in [9.17, 15) is 4.79 Å². The Kier molecular flexibility index (Phi) is 3.61. The summed E-state index contributed by atoms with van der Waals surface area (Å²) in [5.41, 5.74) is 3.89. The third kappa shape index (κ3) is 2.68. The average molecular weight is 396 g/mol. The standard InChI is InChI=1S/C23H16N4OS/c28-23-22-17(15-10-24-13-25-11-15)12-29-21(22)7-8-27(23)20-9-16(20)19-6-5-14-3-1-2-4-18(14)26-19/h1-8,10-13,16,20H,9H2/t16-,20+/m0/s1. The van der Waals surface area contributed by atoms with Crippen LogP contribution in [0.3, 0.4) is 0 Å². The molecule has 2 atom stereocenters. The lowest BCUT2D eigenvalue weighted by atomic mass is 10.1. The first-order valence-electron chi connectivity index (χ1n) is 9.53. The number of para-hydroxylation sites is 1. The number of thiophene rings is 1. The molecule has 1 saturated carbocycles. The van der Waals surface area contributed by atoms with E-state index in [2.05, 4.69) is 28.2 Å². The lowest BCUT2D eigenvalue weighted by Crippen LogP contribution is -2.18. The third-order valence-corrected chi connectivity index (χ3v) is 6.59. The topological polar surface area (TPSA) is 60.7 Å². The molecule has 0 bridgehead atoms. The highest BCUT2D eigenvalue weighted by molar-refractivity contribution is 7.17. The summed E-state index contributed by atoms with van der Waals surface area (Å²) in [6.45, 7) is 0. The number of hydrogen-bond donors (Lipinski definition) is 0. The summed E-state index contributed by atoms with van der Waals surface area (Å²) in [5.74, 6) is 0.275. The molecule has 1 aromatic carbocycles. The van der Waals surface area contributed by atoms with Crippen molar-refractivity contribution in [2.45, 2.75) is 18.4 Å². The highest BCUT2D eigenvalue weighted by Gasteiger charge is 2.41. The molecule has 1 fully saturated rings. The molecule has 1 aliphatic carbocycles. The monoisotopic (exact) mass is 396 g/mol. The second-order valence-electron chi connectivity index (χ2n) is 7.38. The van der Waals surface area contributed by atoms with Gasteiger partial charge in [-0.05, 0) is 24.6 Å². The summed E-state index contributed by atoms with van der Waals surface area (Å²) >= 11 is 1.58. The van der Waals surface area contributed by atoms with Crippen LogP contribution in [0.25, 0.3) is 32.1 Å². The van der Waals surface area contributed by atoms with Gasteiger partial charge >= 0.3 is 0 Å². The maximum absolute atomic E-state index is 13.4. The Morgan fingerprint density at radius 1 is 1.03 bits per heavy atom. The molecule has 4 aromatic heterocycles. The molecule has 0 spiro atoms. The van der Waals surface area contributed by atoms with Gasteiger partial charge in [-0.2, -0.15) is 0 Å². The van der Waals surface area contributed by atoms with Crippen LogP contribution >= 0.6 is 11.3 Å². The van der Waals surface area contributed by atoms with E-state index in [0.717, 1.165) is 44.2 Å². The van der Waals surface area contributed by atoms with E-state index in [4.69, 9.17) is 4.98 Å². The number of aromatic nitrogens is 4. The minimum absolute atomic E-state index is 0.0518. The fraction of sp³-hybridized carbons (Fsp3) is 0.130. The molecule has 0 radical (unpaired) electrons. The minimum Gasteiger partial charge on any atom is -0.311 e. The number of hydrogen-bond acceptors (Lipinski definition) is 5. The molecule has 0 saturated heterocycles. The Balaban J connectivity index is 1.41. The molecule has 29 heavy (non-hydrogen) atoms. The first-order chi connectivity index (χ1) is 14.3. The summed E-state index contributed by atoms with van der Waals surface area (Å²) in [6.07, 6.45) is 7.87. The van der Waals surface area contributed by atoms with Gasteiger partial charge < -0.3 is 4.57 Å². The van der Waals surface area contributed by atoms with Gasteiger partial charge in [-0.1, -0.05) is 24.3 Å². The zero-order valence-electron chi connectivity index (χ0n) is 15.4. The quantitative estimate of drug-likeness (QED) is 0.440. The van der Waals surface area contributed by atoms with Crippen molar-refractivity contribution in [1.29, 1.82) is 0 Å². The first kappa shape index (κ1) is 16.6. The van der Waals surface area contributed by atoms with E-state index < -0.39 is 0 Å². The van der Waals surface area contributed by atoms with Gasteiger partial charge in [-0.25, -0.2) is 9.97 Å². The SMILES string of the molecule is O=c1c2c(-c3cncnc3)csc2ccn1[C@@H]1C[C@H]1c1ccc2ccccc2n1. The van der Waals surface area contributed by atoms with Gasteiger partial charge in [0.25, 0.3) is 5.56 Å². The Morgan fingerprint density at radius 3 is 2.79 bits per heavy atom. The van der Waals surface area contributed by atoms with Crippen molar-refractivity contribution in [2.75, 3.05) is 0 Å². The largest absolute Gasteiger partial charge is 0.311 e. The Hall–Kier alpha value is -3.38. The molecular formula is C23H16N4OS. The second-order valence-corrected chi connectivity index (χ2v) is 8.29. The Morgan fingerprint density at radius 2 is 1.90 bits per heavy atom. The van der Waals surface area contributed by atoms with Crippen molar-refractivity contribution in [3.05, 3.63) is 88.8 Å². The number of rotatable bonds is 3. The zero-order valence-corrected chi connectivity index (χ0v) is 16.2. The smallest absolute Gasteiger partial charge is 0.260 e. The number of pyridine rings is 2. The highest BCUT2D eigenvalue weighted by Crippen LogP contribution is 2.50. The van der Waals surface area contributed by atoms with Gasteiger partial charge in [0.15, 0.2) is 0 Å². The molecule has 0 unspecified atom stereocenters. The Labute approximate surface area is 170 Å². The van der Waals surface area contributed by atoms with E-state index in [1.807, 2.05) is 40.4 Å².